The van der Waals surface area contributed by atoms with Crippen LogP contribution in [-0.4, -0.2) is 34.6 Å². The Bertz CT molecular complexity index is 1090. The number of nitrogen functional groups attached to an aromatic ring is 1. The molecule has 0 unspecified atom stereocenters. The number of rotatable bonds is 7. The van der Waals surface area contributed by atoms with Crippen molar-refractivity contribution in [2.24, 2.45) is 11.8 Å². The number of aromatic nitrogens is 2. The van der Waals surface area contributed by atoms with Crippen molar-refractivity contribution < 1.29 is 4.79 Å². The number of H-pyrrole nitrogens is 1. The molecular weight excluding hydrogens is 406 g/mol. The fourth-order valence-electron chi connectivity index (χ4n) is 4.30. The fraction of sp³-hybridized carbons (Fsp3) is 0.542. The van der Waals surface area contributed by atoms with Crippen molar-refractivity contribution in [1.82, 2.24) is 9.55 Å². The lowest BCUT2D eigenvalue weighted by Gasteiger charge is -2.38. The van der Waals surface area contributed by atoms with E-state index in [-0.39, 0.29) is 41.8 Å². The molecule has 0 spiro atoms. The summed E-state index contributed by atoms with van der Waals surface area (Å²) < 4.78 is 1.35. The van der Waals surface area contributed by atoms with Crippen LogP contribution >= 0.6 is 0 Å². The standard InChI is InChI=1S/C24H35N5O3/c1-15(2)12-28(21-22(25)29(13-16(3)4)24(32)26-23(21)31)20(30)14-27-17(5)10-11-18-8-6-7-9-19(18)27/h6-9,15-17H,10-14,25H2,1-5H3,(H,26,31,32)/t17-/m0/s1. The zero-order chi connectivity index (χ0) is 23.6. The molecule has 0 saturated carbocycles. The second-order valence-corrected chi connectivity index (χ2v) is 9.54. The SMILES string of the molecule is CC(C)CN(C(=O)CN1c2ccccc2CC[C@@H]1C)c1c(N)n(CC(C)C)c(=O)[nH]c1=O. The zero-order valence-electron chi connectivity index (χ0n) is 19.7. The maximum Gasteiger partial charge on any atom is 0.330 e. The molecule has 0 bridgehead atoms. The van der Waals surface area contributed by atoms with Crippen LogP contribution in [0.1, 0.15) is 46.6 Å². The first-order chi connectivity index (χ1) is 15.1. The molecule has 0 saturated heterocycles. The van der Waals surface area contributed by atoms with Gasteiger partial charge in [0.15, 0.2) is 5.69 Å². The van der Waals surface area contributed by atoms with Crippen LogP contribution in [0.15, 0.2) is 33.9 Å². The van der Waals surface area contributed by atoms with Crippen molar-refractivity contribution in [3.63, 3.8) is 0 Å². The van der Waals surface area contributed by atoms with E-state index in [9.17, 15) is 14.4 Å². The summed E-state index contributed by atoms with van der Waals surface area (Å²) >= 11 is 0. The highest BCUT2D eigenvalue weighted by Gasteiger charge is 2.30. The van der Waals surface area contributed by atoms with Gasteiger partial charge in [0.1, 0.15) is 5.82 Å². The Labute approximate surface area is 189 Å². The van der Waals surface area contributed by atoms with Crippen molar-refractivity contribution in [2.75, 3.05) is 28.6 Å². The molecule has 0 radical (unpaired) electrons. The van der Waals surface area contributed by atoms with Crippen LogP contribution in [-0.2, 0) is 17.8 Å². The summed E-state index contributed by atoms with van der Waals surface area (Å²) in [4.78, 5) is 44.7. The van der Waals surface area contributed by atoms with Crippen LogP contribution in [0.4, 0.5) is 17.2 Å². The Kier molecular flexibility index (Phi) is 7.11. The van der Waals surface area contributed by atoms with Gasteiger partial charge in [0.25, 0.3) is 5.56 Å². The van der Waals surface area contributed by atoms with Gasteiger partial charge in [-0.25, -0.2) is 4.79 Å². The van der Waals surface area contributed by atoms with Crippen molar-refractivity contribution in [3.05, 3.63) is 50.7 Å². The Balaban J connectivity index is 2.02. The molecule has 3 rings (SSSR count). The van der Waals surface area contributed by atoms with Gasteiger partial charge in [-0.05, 0) is 43.2 Å². The number of carbonyl (C=O) groups is 1. The Morgan fingerprint density at radius 3 is 2.53 bits per heavy atom. The van der Waals surface area contributed by atoms with Gasteiger partial charge >= 0.3 is 5.69 Å². The predicted octanol–water partition coefficient (Wildman–Crippen LogP) is 2.61. The number of benzene rings is 1. The van der Waals surface area contributed by atoms with Gasteiger partial charge < -0.3 is 15.5 Å². The van der Waals surface area contributed by atoms with Crippen LogP contribution in [0, 0.1) is 11.8 Å². The highest BCUT2D eigenvalue weighted by atomic mass is 16.2. The summed E-state index contributed by atoms with van der Waals surface area (Å²) in [6.45, 7) is 10.8. The minimum Gasteiger partial charge on any atom is -0.383 e. The Morgan fingerprint density at radius 2 is 1.88 bits per heavy atom. The second-order valence-electron chi connectivity index (χ2n) is 9.54. The number of anilines is 3. The smallest absolute Gasteiger partial charge is 0.330 e. The minimum absolute atomic E-state index is 0.0357. The lowest BCUT2D eigenvalue weighted by molar-refractivity contribution is -0.117. The van der Waals surface area contributed by atoms with Crippen molar-refractivity contribution in [3.8, 4) is 0 Å². The molecule has 2 aromatic rings. The van der Waals surface area contributed by atoms with E-state index in [0.29, 0.717) is 13.1 Å². The molecule has 1 aromatic heterocycles. The first-order valence-corrected chi connectivity index (χ1v) is 11.4. The van der Waals surface area contributed by atoms with E-state index in [0.717, 1.165) is 18.5 Å². The van der Waals surface area contributed by atoms with Gasteiger partial charge in [-0.15, -0.1) is 0 Å². The topological polar surface area (TPSA) is 104 Å². The van der Waals surface area contributed by atoms with Crippen LogP contribution in [0.25, 0.3) is 0 Å². The molecule has 1 amide bonds. The lowest BCUT2D eigenvalue weighted by Crippen LogP contribution is -2.49. The van der Waals surface area contributed by atoms with E-state index in [1.54, 1.807) is 0 Å². The van der Waals surface area contributed by atoms with E-state index in [1.807, 2.05) is 45.9 Å². The quantitative estimate of drug-likeness (QED) is 0.687. The Hall–Kier alpha value is -3.03. The molecule has 174 valence electrons. The molecule has 8 nitrogen and oxygen atoms in total. The Morgan fingerprint density at radius 1 is 1.19 bits per heavy atom. The van der Waals surface area contributed by atoms with Crippen molar-refractivity contribution in [2.45, 2.75) is 60.0 Å². The number of nitrogens with zero attached hydrogens (tertiary/aromatic N) is 3. The summed E-state index contributed by atoms with van der Waals surface area (Å²) in [6.07, 6.45) is 1.93. The van der Waals surface area contributed by atoms with E-state index < -0.39 is 11.2 Å². The van der Waals surface area contributed by atoms with Gasteiger partial charge in [0.05, 0.1) is 6.54 Å². The summed E-state index contributed by atoms with van der Waals surface area (Å²) in [5.41, 5.74) is 7.46. The normalized spacial score (nSPS) is 15.8. The molecule has 32 heavy (non-hydrogen) atoms. The minimum atomic E-state index is -0.631. The van der Waals surface area contributed by atoms with Gasteiger partial charge in [0, 0.05) is 24.8 Å². The first-order valence-electron chi connectivity index (χ1n) is 11.4. The third kappa shape index (κ3) is 4.89. The lowest BCUT2D eigenvalue weighted by atomic mass is 9.96. The zero-order valence-corrected chi connectivity index (χ0v) is 19.7. The molecule has 0 aliphatic carbocycles. The number of para-hydroxylation sites is 1. The number of nitrogens with two attached hydrogens (primary N) is 1. The van der Waals surface area contributed by atoms with Crippen LogP contribution in [0.2, 0.25) is 0 Å². The molecule has 1 atom stereocenters. The van der Waals surface area contributed by atoms with Gasteiger partial charge in [-0.2, -0.15) is 0 Å². The summed E-state index contributed by atoms with van der Waals surface area (Å²) in [5.74, 6) is 0.0748. The number of nitrogens with one attached hydrogen (secondary N) is 1. The van der Waals surface area contributed by atoms with Crippen molar-refractivity contribution in [1.29, 1.82) is 0 Å². The largest absolute Gasteiger partial charge is 0.383 e. The number of amides is 1. The number of hydrogen-bond acceptors (Lipinski definition) is 5. The van der Waals surface area contributed by atoms with E-state index >= 15 is 0 Å². The molecule has 8 heteroatoms. The van der Waals surface area contributed by atoms with Crippen LogP contribution in [0.3, 0.4) is 0 Å². The number of fused-ring (bicyclic) bond motifs is 1. The summed E-state index contributed by atoms with van der Waals surface area (Å²) in [5, 5.41) is 0. The van der Waals surface area contributed by atoms with Crippen LogP contribution < -0.4 is 26.8 Å². The molecule has 1 aromatic carbocycles. The van der Waals surface area contributed by atoms with E-state index in [1.165, 1.54) is 15.0 Å². The van der Waals surface area contributed by atoms with Crippen molar-refractivity contribution >= 4 is 23.1 Å². The number of aryl methyl sites for hydroxylation is 1. The fourth-order valence-corrected chi connectivity index (χ4v) is 4.30. The number of aromatic amines is 1. The average Bonchev–Trinajstić information content (AvgIpc) is 2.72. The molecule has 1 aliphatic rings. The summed E-state index contributed by atoms with van der Waals surface area (Å²) in [6, 6.07) is 8.31. The number of carbonyl (C=O) groups excluding carboxylic acids is 1. The first kappa shape index (κ1) is 23.6. The molecular formula is C24H35N5O3. The van der Waals surface area contributed by atoms with Gasteiger partial charge in [0.2, 0.25) is 5.91 Å². The third-order valence-corrected chi connectivity index (χ3v) is 5.85. The molecule has 3 N–H and O–H groups in total. The highest BCUT2D eigenvalue weighted by Crippen LogP contribution is 2.30. The maximum absolute atomic E-state index is 13.6. The van der Waals surface area contributed by atoms with E-state index in [2.05, 4.69) is 22.9 Å². The van der Waals surface area contributed by atoms with E-state index in [4.69, 9.17) is 5.73 Å². The third-order valence-electron chi connectivity index (χ3n) is 5.85. The number of hydrogen-bond donors (Lipinski definition) is 2. The average molecular weight is 442 g/mol. The molecule has 0 fully saturated rings. The van der Waals surface area contributed by atoms with Gasteiger partial charge in [-0.1, -0.05) is 45.9 Å². The van der Waals surface area contributed by atoms with Gasteiger partial charge in [-0.3, -0.25) is 19.1 Å². The molecule has 1 aliphatic heterocycles. The molecule has 2 heterocycles. The monoisotopic (exact) mass is 441 g/mol. The maximum atomic E-state index is 13.6. The predicted molar refractivity (Wildman–Crippen MR) is 129 cm³/mol. The summed E-state index contributed by atoms with van der Waals surface area (Å²) in [7, 11) is 0. The second kappa shape index (κ2) is 9.63. The van der Waals surface area contributed by atoms with Crippen LogP contribution in [0.5, 0.6) is 0 Å². The highest BCUT2D eigenvalue weighted by molar-refractivity contribution is 5.98.